The van der Waals surface area contributed by atoms with E-state index >= 15 is 0 Å². The molecular formula is C14H21FN2OS. The third-order valence-electron chi connectivity index (χ3n) is 3.69. The van der Waals surface area contributed by atoms with Gasteiger partial charge in [-0.2, -0.15) is 11.8 Å². The predicted molar refractivity (Wildman–Crippen MR) is 77.7 cm³/mol. The molecule has 2 rings (SSSR count). The standard InChI is InChI=1S/C14H21FN2OS/c1-18-11-2-3-12(13(15)9-11)14(17-16)8-10-4-6-19-7-5-10/h2-3,9-10,14,17H,4-8,16H2,1H3. The van der Waals surface area contributed by atoms with E-state index in [1.165, 1.54) is 37.5 Å². The highest BCUT2D eigenvalue weighted by molar-refractivity contribution is 7.99. The second-order valence-electron chi connectivity index (χ2n) is 4.90. The van der Waals surface area contributed by atoms with Gasteiger partial charge < -0.3 is 4.74 Å². The lowest BCUT2D eigenvalue weighted by Crippen LogP contribution is -2.31. The highest BCUT2D eigenvalue weighted by Crippen LogP contribution is 2.32. The number of halogens is 1. The van der Waals surface area contributed by atoms with E-state index in [0.717, 1.165) is 6.42 Å². The quantitative estimate of drug-likeness (QED) is 0.645. The number of benzene rings is 1. The average Bonchev–Trinajstić information content (AvgIpc) is 2.46. The van der Waals surface area contributed by atoms with Crippen LogP contribution in [0.4, 0.5) is 4.39 Å². The second-order valence-corrected chi connectivity index (χ2v) is 6.12. The zero-order valence-corrected chi connectivity index (χ0v) is 12.0. The van der Waals surface area contributed by atoms with E-state index in [1.807, 2.05) is 11.8 Å². The summed E-state index contributed by atoms with van der Waals surface area (Å²) in [5, 5.41) is 0. The molecule has 1 aromatic rings. The minimum Gasteiger partial charge on any atom is -0.497 e. The maximum Gasteiger partial charge on any atom is 0.131 e. The van der Waals surface area contributed by atoms with Gasteiger partial charge in [0, 0.05) is 17.7 Å². The Kier molecular flexibility index (Phi) is 5.48. The lowest BCUT2D eigenvalue weighted by atomic mass is 9.91. The lowest BCUT2D eigenvalue weighted by molar-refractivity contribution is 0.364. The van der Waals surface area contributed by atoms with Crippen LogP contribution in [-0.2, 0) is 0 Å². The minimum absolute atomic E-state index is 0.126. The number of thioether (sulfide) groups is 1. The molecule has 0 amide bonds. The van der Waals surface area contributed by atoms with Gasteiger partial charge in [0.15, 0.2) is 0 Å². The van der Waals surface area contributed by atoms with E-state index in [4.69, 9.17) is 10.6 Å². The average molecular weight is 284 g/mol. The van der Waals surface area contributed by atoms with Crippen molar-refractivity contribution in [2.75, 3.05) is 18.6 Å². The molecule has 3 nitrogen and oxygen atoms in total. The molecule has 5 heteroatoms. The topological polar surface area (TPSA) is 47.3 Å². The molecule has 1 heterocycles. The summed E-state index contributed by atoms with van der Waals surface area (Å²) in [7, 11) is 1.53. The maximum atomic E-state index is 14.0. The van der Waals surface area contributed by atoms with Crippen LogP contribution in [0, 0.1) is 11.7 Å². The molecule has 1 atom stereocenters. The molecule has 1 fully saturated rings. The number of nitrogens with two attached hydrogens (primary N) is 1. The van der Waals surface area contributed by atoms with Gasteiger partial charge in [0.1, 0.15) is 11.6 Å². The molecule has 1 aromatic carbocycles. The lowest BCUT2D eigenvalue weighted by Gasteiger charge is -2.26. The van der Waals surface area contributed by atoms with Gasteiger partial charge in [-0.1, -0.05) is 6.07 Å². The number of nitrogens with one attached hydrogen (secondary N) is 1. The maximum absolute atomic E-state index is 14.0. The molecule has 0 bridgehead atoms. The molecule has 0 aliphatic carbocycles. The van der Waals surface area contributed by atoms with Crippen LogP contribution in [0.1, 0.15) is 30.9 Å². The van der Waals surface area contributed by atoms with Crippen LogP contribution < -0.4 is 16.0 Å². The van der Waals surface area contributed by atoms with E-state index in [-0.39, 0.29) is 11.9 Å². The molecule has 19 heavy (non-hydrogen) atoms. The molecule has 0 aromatic heterocycles. The third-order valence-corrected chi connectivity index (χ3v) is 4.74. The Hall–Kier alpha value is -0.780. The first-order valence-electron chi connectivity index (χ1n) is 6.62. The van der Waals surface area contributed by atoms with Crippen LogP contribution >= 0.6 is 11.8 Å². The number of hydrogen-bond donors (Lipinski definition) is 2. The molecule has 0 spiro atoms. The highest BCUT2D eigenvalue weighted by atomic mass is 32.2. The van der Waals surface area contributed by atoms with Gasteiger partial charge in [0.2, 0.25) is 0 Å². The van der Waals surface area contributed by atoms with Crippen LogP contribution in [0.15, 0.2) is 18.2 Å². The summed E-state index contributed by atoms with van der Waals surface area (Å²) < 4.78 is 19.1. The molecule has 106 valence electrons. The molecule has 0 saturated carbocycles. The van der Waals surface area contributed by atoms with Gasteiger partial charge in [-0.15, -0.1) is 0 Å². The monoisotopic (exact) mass is 284 g/mol. The van der Waals surface area contributed by atoms with Crippen LogP contribution in [0.5, 0.6) is 5.75 Å². The Morgan fingerprint density at radius 2 is 2.21 bits per heavy atom. The van der Waals surface area contributed by atoms with E-state index in [1.54, 1.807) is 12.1 Å². The van der Waals surface area contributed by atoms with Crippen molar-refractivity contribution in [3.8, 4) is 5.75 Å². The zero-order chi connectivity index (χ0) is 13.7. The fourth-order valence-electron chi connectivity index (χ4n) is 2.52. The molecule has 1 aliphatic rings. The Bertz CT molecular complexity index is 410. The summed E-state index contributed by atoms with van der Waals surface area (Å²) in [5.41, 5.74) is 3.38. The summed E-state index contributed by atoms with van der Waals surface area (Å²) in [6, 6.07) is 4.82. The normalized spacial score (nSPS) is 18.3. The number of hydrogen-bond acceptors (Lipinski definition) is 4. The first-order chi connectivity index (χ1) is 9.24. The fourth-order valence-corrected chi connectivity index (χ4v) is 3.72. The third kappa shape index (κ3) is 3.84. The largest absolute Gasteiger partial charge is 0.497 e. The summed E-state index contributed by atoms with van der Waals surface area (Å²) in [6.07, 6.45) is 3.28. The molecule has 0 radical (unpaired) electrons. The van der Waals surface area contributed by atoms with E-state index in [9.17, 15) is 4.39 Å². The smallest absolute Gasteiger partial charge is 0.131 e. The predicted octanol–water partition coefficient (Wildman–Crippen LogP) is 2.87. The Labute approximate surface area is 118 Å². The van der Waals surface area contributed by atoms with Gasteiger partial charge in [0.05, 0.1) is 7.11 Å². The van der Waals surface area contributed by atoms with Crippen LogP contribution in [0.3, 0.4) is 0 Å². The molecule has 1 aliphatic heterocycles. The van der Waals surface area contributed by atoms with Crippen molar-refractivity contribution in [2.24, 2.45) is 11.8 Å². The summed E-state index contributed by atoms with van der Waals surface area (Å²) in [5.74, 6) is 8.92. The highest BCUT2D eigenvalue weighted by Gasteiger charge is 2.21. The summed E-state index contributed by atoms with van der Waals surface area (Å²) >= 11 is 1.99. The van der Waals surface area contributed by atoms with Crippen molar-refractivity contribution in [1.29, 1.82) is 0 Å². The molecule has 1 unspecified atom stereocenters. The van der Waals surface area contributed by atoms with Crippen molar-refractivity contribution < 1.29 is 9.13 Å². The van der Waals surface area contributed by atoms with E-state index in [2.05, 4.69) is 5.43 Å². The number of rotatable bonds is 5. The Morgan fingerprint density at radius 3 is 2.79 bits per heavy atom. The van der Waals surface area contributed by atoms with Crippen LogP contribution in [-0.4, -0.2) is 18.6 Å². The first kappa shape index (κ1) is 14.6. The van der Waals surface area contributed by atoms with Crippen LogP contribution in [0.25, 0.3) is 0 Å². The van der Waals surface area contributed by atoms with Gasteiger partial charge >= 0.3 is 0 Å². The SMILES string of the molecule is COc1ccc(C(CC2CCSCC2)NN)c(F)c1. The fraction of sp³-hybridized carbons (Fsp3) is 0.571. The summed E-state index contributed by atoms with van der Waals surface area (Å²) in [6.45, 7) is 0. The number of ether oxygens (including phenoxy) is 1. The van der Waals surface area contributed by atoms with Gasteiger partial charge in [-0.05, 0) is 42.8 Å². The second kappa shape index (κ2) is 7.12. The van der Waals surface area contributed by atoms with E-state index in [0.29, 0.717) is 17.2 Å². The van der Waals surface area contributed by atoms with Crippen LogP contribution in [0.2, 0.25) is 0 Å². The van der Waals surface area contributed by atoms with Gasteiger partial charge in [0.25, 0.3) is 0 Å². The molecule has 1 saturated heterocycles. The van der Waals surface area contributed by atoms with Crippen molar-refractivity contribution in [3.63, 3.8) is 0 Å². The Balaban J connectivity index is 2.07. The minimum atomic E-state index is -0.257. The molecule has 3 N–H and O–H groups in total. The van der Waals surface area contributed by atoms with Crippen molar-refractivity contribution in [2.45, 2.75) is 25.3 Å². The molecular weight excluding hydrogens is 263 g/mol. The number of hydrazine groups is 1. The summed E-state index contributed by atoms with van der Waals surface area (Å²) in [4.78, 5) is 0. The van der Waals surface area contributed by atoms with Gasteiger partial charge in [-0.3, -0.25) is 11.3 Å². The van der Waals surface area contributed by atoms with Crippen molar-refractivity contribution in [3.05, 3.63) is 29.6 Å². The number of methoxy groups -OCH3 is 1. The van der Waals surface area contributed by atoms with E-state index < -0.39 is 0 Å². The first-order valence-corrected chi connectivity index (χ1v) is 7.77. The van der Waals surface area contributed by atoms with Gasteiger partial charge in [-0.25, -0.2) is 4.39 Å². The zero-order valence-electron chi connectivity index (χ0n) is 11.2. The van der Waals surface area contributed by atoms with Crippen molar-refractivity contribution in [1.82, 2.24) is 5.43 Å². The van der Waals surface area contributed by atoms with Crippen molar-refractivity contribution >= 4 is 11.8 Å². The Morgan fingerprint density at radius 1 is 1.47 bits per heavy atom.